The maximum absolute atomic E-state index is 10.9. The quantitative estimate of drug-likeness (QED) is 0.291. The van der Waals surface area contributed by atoms with Crippen LogP contribution in [0.2, 0.25) is 0 Å². The fraction of sp³-hybridized carbons (Fsp3) is 0.800. The van der Waals surface area contributed by atoms with Crippen LogP contribution < -0.4 is 16.8 Å². The predicted octanol–water partition coefficient (Wildman–Crippen LogP) is -1.03. The van der Waals surface area contributed by atoms with Crippen molar-refractivity contribution in [1.29, 1.82) is 0 Å². The van der Waals surface area contributed by atoms with Gasteiger partial charge >= 0.3 is 0 Å². The van der Waals surface area contributed by atoms with Crippen LogP contribution in [0.4, 0.5) is 0 Å². The second kappa shape index (κ2) is 28.9. The molecule has 0 aromatic rings. The van der Waals surface area contributed by atoms with Gasteiger partial charge in [0.15, 0.2) is 0 Å². The lowest BCUT2D eigenvalue weighted by molar-refractivity contribution is -0.121. The van der Waals surface area contributed by atoms with Crippen molar-refractivity contribution in [2.45, 2.75) is 6.42 Å². The number of nitrogens with two attached hydrogens (primary N) is 2. The van der Waals surface area contributed by atoms with Gasteiger partial charge in [-0.15, -0.1) is 6.42 Å². The second-order valence-electron chi connectivity index (χ2n) is 3.52. The van der Waals surface area contributed by atoms with E-state index in [1.807, 2.05) is 0 Å². The zero-order chi connectivity index (χ0) is 18.2. The van der Waals surface area contributed by atoms with E-state index < -0.39 is 0 Å². The molecule has 0 saturated heterocycles. The standard InChI is InChI=1S/C13H23NO5.2CH5N/c1-3-5-16-7-9-18-11-12-19-10-8-17-6-4-13(15)14-2;2*1-2/h1H,4-12H2,2H3,(H,14,15);2*2H2,1H3. The highest BCUT2D eigenvalue weighted by atomic mass is 16.6. The molecule has 0 aliphatic heterocycles. The van der Waals surface area contributed by atoms with E-state index in [0.717, 1.165) is 0 Å². The number of amides is 1. The molecule has 5 N–H and O–H groups in total. The van der Waals surface area contributed by atoms with Crippen molar-refractivity contribution in [3.8, 4) is 12.3 Å². The summed E-state index contributed by atoms with van der Waals surface area (Å²) in [5.74, 6) is 2.35. The number of carbonyl (C=O) groups is 1. The Labute approximate surface area is 140 Å². The fourth-order valence-electron chi connectivity index (χ4n) is 1.08. The lowest BCUT2D eigenvalue weighted by Crippen LogP contribution is -2.20. The SMILES string of the molecule is C#CCOCCOCCOCCOCCC(=O)NC.CN.CN. The van der Waals surface area contributed by atoms with Crippen LogP contribution in [0.1, 0.15) is 6.42 Å². The topological polar surface area (TPSA) is 118 Å². The van der Waals surface area contributed by atoms with Crippen molar-refractivity contribution >= 4 is 5.91 Å². The molecule has 0 heterocycles. The number of ether oxygens (including phenoxy) is 4. The molecule has 138 valence electrons. The monoisotopic (exact) mass is 335 g/mol. The molecule has 0 atom stereocenters. The Morgan fingerprint density at radius 3 is 1.65 bits per heavy atom. The predicted molar refractivity (Wildman–Crippen MR) is 91.0 cm³/mol. The van der Waals surface area contributed by atoms with Crippen LogP contribution in [0.25, 0.3) is 0 Å². The van der Waals surface area contributed by atoms with Gasteiger partial charge in [-0.05, 0) is 14.1 Å². The van der Waals surface area contributed by atoms with E-state index in [2.05, 4.69) is 22.7 Å². The van der Waals surface area contributed by atoms with Gasteiger partial charge in [-0.2, -0.15) is 0 Å². The van der Waals surface area contributed by atoms with E-state index >= 15 is 0 Å². The van der Waals surface area contributed by atoms with E-state index in [9.17, 15) is 4.79 Å². The van der Waals surface area contributed by atoms with Crippen LogP contribution in [0.15, 0.2) is 0 Å². The molecule has 0 aromatic heterocycles. The molecule has 0 spiro atoms. The first-order valence-corrected chi connectivity index (χ1v) is 7.41. The summed E-state index contributed by atoms with van der Waals surface area (Å²) in [6, 6.07) is 0. The molecule has 0 saturated carbocycles. The van der Waals surface area contributed by atoms with Gasteiger partial charge < -0.3 is 35.7 Å². The minimum absolute atomic E-state index is 0.0265. The molecule has 8 heteroatoms. The number of nitrogens with one attached hydrogen (secondary N) is 1. The van der Waals surface area contributed by atoms with E-state index in [1.165, 1.54) is 14.1 Å². The summed E-state index contributed by atoms with van der Waals surface area (Å²) in [7, 11) is 4.60. The van der Waals surface area contributed by atoms with Crippen molar-refractivity contribution in [3.63, 3.8) is 0 Å². The molecular formula is C15H33N3O5. The van der Waals surface area contributed by atoms with E-state index in [-0.39, 0.29) is 5.91 Å². The summed E-state index contributed by atoms with van der Waals surface area (Å²) < 4.78 is 20.8. The summed E-state index contributed by atoms with van der Waals surface area (Å²) in [5.41, 5.74) is 9.00. The smallest absolute Gasteiger partial charge is 0.222 e. The first-order chi connectivity index (χ1) is 11.3. The average Bonchev–Trinajstić information content (AvgIpc) is 2.62. The third-order valence-corrected chi connectivity index (χ3v) is 2.05. The molecule has 0 bridgehead atoms. The highest BCUT2D eigenvalue weighted by Gasteiger charge is 1.97. The number of rotatable bonds is 13. The van der Waals surface area contributed by atoms with Crippen molar-refractivity contribution in [2.24, 2.45) is 11.5 Å². The maximum Gasteiger partial charge on any atom is 0.222 e. The average molecular weight is 335 g/mol. The van der Waals surface area contributed by atoms with Gasteiger partial charge in [-0.25, -0.2) is 0 Å². The maximum atomic E-state index is 10.9. The van der Waals surface area contributed by atoms with Crippen molar-refractivity contribution in [2.75, 3.05) is 74.0 Å². The highest BCUT2D eigenvalue weighted by Crippen LogP contribution is 1.85. The fourth-order valence-corrected chi connectivity index (χ4v) is 1.08. The minimum Gasteiger partial charge on any atom is -0.379 e. The molecule has 1 amide bonds. The van der Waals surface area contributed by atoms with Gasteiger partial charge in [0.2, 0.25) is 5.91 Å². The molecule has 0 aliphatic carbocycles. The van der Waals surface area contributed by atoms with Gasteiger partial charge in [-0.3, -0.25) is 4.79 Å². The summed E-state index contributed by atoms with van der Waals surface area (Å²) in [4.78, 5) is 10.9. The van der Waals surface area contributed by atoms with Crippen molar-refractivity contribution in [3.05, 3.63) is 0 Å². The van der Waals surface area contributed by atoms with Crippen LogP contribution in [0.5, 0.6) is 0 Å². The number of hydrogen-bond acceptors (Lipinski definition) is 7. The third-order valence-electron chi connectivity index (χ3n) is 2.05. The van der Waals surface area contributed by atoms with Crippen LogP contribution in [0.3, 0.4) is 0 Å². The summed E-state index contributed by atoms with van der Waals surface area (Å²) in [6.45, 7) is 3.71. The molecule has 0 rings (SSSR count). The van der Waals surface area contributed by atoms with Gasteiger partial charge in [0.1, 0.15) is 6.61 Å². The zero-order valence-corrected chi connectivity index (χ0v) is 14.6. The Hall–Kier alpha value is -1.21. The summed E-state index contributed by atoms with van der Waals surface area (Å²) >= 11 is 0. The molecule has 0 radical (unpaired) electrons. The van der Waals surface area contributed by atoms with Crippen LogP contribution in [0, 0.1) is 12.3 Å². The molecule has 23 heavy (non-hydrogen) atoms. The minimum atomic E-state index is -0.0265. The molecule has 0 unspecified atom stereocenters. The molecule has 0 fully saturated rings. The Kier molecular flexibility index (Phi) is 33.5. The third kappa shape index (κ3) is 29.4. The second-order valence-corrected chi connectivity index (χ2v) is 3.52. The number of carbonyl (C=O) groups excluding carboxylic acids is 1. The first kappa shape index (κ1) is 26.7. The Bertz CT molecular complexity index is 260. The van der Waals surface area contributed by atoms with Gasteiger partial charge in [0, 0.05) is 13.5 Å². The van der Waals surface area contributed by atoms with Gasteiger partial charge in [0.25, 0.3) is 0 Å². The molecule has 0 aliphatic rings. The summed E-state index contributed by atoms with van der Waals surface area (Å²) in [6.07, 6.45) is 5.39. The largest absolute Gasteiger partial charge is 0.379 e. The van der Waals surface area contributed by atoms with Crippen LogP contribution >= 0.6 is 0 Å². The van der Waals surface area contributed by atoms with Gasteiger partial charge in [0.05, 0.1) is 46.2 Å². The highest BCUT2D eigenvalue weighted by molar-refractivity contribution is 5.75. The molecule has 0 aromatic carbocycles. The normalized spacial score (nSPS) is 8.87. The van der Waals surface area contributed by atoms with Crippen molar-refractivity contribution in [1.82, 2.24) is 5.32 Å². The van der Waals surface area contributed by atoms with E-state index in [1.54, 1.807) is 7.05 Å². The number of terminal acetylenes is 1. The Morgan fingerprint density at radius 2 is 1.26 bits per heavy atom. The van der Waals surface area contributed by atoms with Crippen molar-refractivity contribution < 1.29 is 23.7 Å². The zero-order valence-electron chi connectivity index (χ0n) is 14.6. The first-order valence-electron chi connectivity index (χ1n) is 7.41. The lowest BCUT2D eigenvalue weighted by Gasteiger charge is -2.06. The summed E-state index contributed by atoms with van der Waals surface area (Å²) in [5, 5.41) is 2.52. The van der Waals surface area contributed by atoms with Crippen LogP contribution in [-0.4, -0.2) is 79.9 Å². The van der Waals surface area contributed by atoms with Gasteiger partial charge in [-0.1, -0.05) is 5.92 Å². The van der Waals surface area contributed by atoms with E-state index in [4.69, 9.17) is 25.4 Å². The molecular weight excluding hydrogens is 302 g/mol. The number of hydrogen-bond donors (Lipinski definition) is 3. The van der Waals surface area contributed by atoms with Crippen LogP contribution in [-0.2, 0) is 23.7 Å². The lowest BCUT2D eigenvalue weighted by atomic mass is 10.4. The Morgan fingerprint density at radius 1 is 0.870 bits per heavy atom. The Balaban J connectivity index is -0.000000919. The molecule has 8 nitrogen and oxygen atoms in total. The van der Waals surface area contributed by atoms with E-state index in [0.29, 0.717) is 59.3 Å².